The van der Waals surface area contributed by atoms with E-state index in [9.17, 15) is 4.79 Å². The van der Waals surface area contributed by atoms with Crippen LogP contribution in [0.25, 0.3) is 0 Å². The molecule has 0 aliphatic heterocycles. The molecule has 134 valence electrons. The van der Waals surface area contributed by atoms with Gasteiger partial charge in [-0.1, -0.05) is 26.0 Å². The molecule has 0 radical (unpaired) electrons. The van der Waals surface area contributed by atoms with Gasteiger partial charge in [-0.2, -0.15) is 0 Å². The van der Waals surface area contributed by atoms with E-state index >= 15 is 0 Å². The molecular formula is C19H26N4O2. The summed E-state index contributed by atoms with van der Waals surface area (Å²) >= 11 is 0. The number of para-hydroxylation sites is 2. The molecule has 0 aliphatic rings. The van der Waals surface area contributed by atoms with Crippen LogP contribution in [0.5, 0.6) is 5.75 Å². The smallest absolute Gasteiger partial charge is 0.274 e. The number of ether oxygens (including phenoxy) is 1. The first-order valence-corrected chi connectivity index (χ1v) is 8.80. The van der Waals surface area contributed by atoms with Crippen molar-refractivity contribution in [3.63, 3.8) is 0 Å². The Labute approximate surface area is 149 Å². The van der Waals surface area contributed by atoms with Crippen LogP contribution in [0.3, 0.4) is 0 Å². The summed E-state index contributed by atoms with van der Waals surface area (Å²) in [5.41, 5.74) is 0.974. The first kappa shape index (κ1) is 18.7. The Balaban J connectivity index is 2.18. The summed E-state index contributed by atoms with van der Waals surface area (Å²) in [7, 11) is 0. The van der Waals surface area contributed by atoms with Gasteiger partial charge in [-0.25, -0.2) is 9.97 Å². The number of aromatic nitrogens is 2. The quantitative estimate of drug-likeness (QED) is 0.751. The molecule has 0 unspecified atom stereocenters. The largest absolute Gasteiger partial charge is 0.492 e. The standard InChI is InChI=1S/C19H26N4O2/c1-4-13-23(14-5-2)19-20-12-11-16(22-19)18(24)21-15-9-7-8-10-17(15)25-6-3/h7-12H,4-6,13-14H2,1-3H3,(H,21,24). The van der Waals surface area contributed by atoms with Gasteiger partial charge in [0.2, 0.25) is 5.95 Å². The highest BCUT2D eigenvalue weighted by Gasteiger charge is 2.14. The van der Waals surface area contributed by atoms with Crippen LogP contribution in [0.2, 0.25) is 0 Å². The molecule has 2 rings (SSSR count). The average Bonchev–Trinajstić information content (AvgIpc) is 2.63. The van der Waals surface area contributed by atoms with Gasteiger partial charge in [0.1, 0.15) is 11.4 Å². The summed E-state index contributed by atoms with van der Waals surface area (Å²) in [6, 6.07) is 8.99. The zero-order valence-electron chi connectivity index (χ0n) is 15.2. The van der Waals surface area contributed by atoms with Gasteiger partial charge in [0.05, 0.1) is 12.3 Å². The van der Waals surface area contributed by atoms with Crippen LogP contribution in [0.4, 0.5) is 11.6 Å². The molecule has 1 amide bonds. The van der Waals surface area contributed by atoms with Crippen molar-refractivity contribution in [2.45, 2.75) is 33.6 Å². The molecule has 0 spiro atoms. The number of carbonyl (C=O) groups is 1. The molecule has 0 aliphatic carbocycles. The minimum absolute atomic E-state index is 0.274. The van der Waals surface area contributed by atoms with E-state index in [1.807, 2.05) is 31.2 Å². The van der Waals surface area contributed by atoms with Crippen molar-refractivity contribution in [3.8, 4) is 5.75 Å². The van der Waals surface area contributed by atoms with Gasteiger partial charge in [0.25, 0.3) is 5.91 Å². The molecule has 25 heavy (non-hydrogen) atoms. The second kappa shape index (κ2) is 9.61. The Morgan fingerprint density at radius 2 is 1.84 bits per heavy atom. The summed E-state index contributed by atoms with van der Waals surface area (Å²) < 4.78 is 5.54. The maximum absolute atomic E-state index is 12.6. The molecule has 0 saturated carbocycles. The van der Waals surface area contributed by atoms with Crippen LogP contribution in [0, 0.1) is 0 Å². The van der Waals surface area contributed by atoms with Gasteiger partial charge >= 0.3 is 0 Å². The highest BCUT2D eigenvalue weighted by atomic mass is 16.5. The summed E-state index contributed by atoms with van der Waals surface area (Å²) in [5, 5.41) is 2.87. The Hall–Kier alpha value is -2.63. The molecule has 0 saturated heterocycles. The Morgan fingerprint density at radius 1 is 1.12 bits per heavy atom. The number of amides is 1. The van der Waals surface area contributed by atoms with Crippen molar-refractivity contribution in [1.29, 1.82) is 0 Å². The molecule has 0 bridgehead atoms. The number of benzene rings is 1. The van der Waals surface area contributed by atoms with E-state index in [2.05, 4.69) is 34.0 Å². The van der Waals surface area contributed by atoms with Gasteiger partial charge < -0.3 is 15.0 Å². The van der Waals surface area contributed by atoms with Crippen LogP contribution < -0.4 is 15.0 Å². The molecule has 0 fully saturated rings. The van der Waals surface area contributed by atoms with E-state index in [1.54, 1.807) is 12.3 Å². The predicted molar refractivity (Wildman–Crippen MR) is 100 cm³/mol. The molecule has 1 heterocycles. The van der Waals surface area contributed by atoms with Gasteiger partial charge in [-0.05, 0) is 38.0 Å². The lowest BCUT2D eigenvalue weighted by Gasteiger charge is -2.21. The normalized spacial score (nSPS) is 10.4. The molecule has 1 aromatic carbocycles. The van der Waals surface area contributed by atoms with Crippen molar-refractivity contribution < 1.29 is 9.53 Å². The van der Waals surface area contributed by atoms with E-state index in [0.29, 0.717) is 29.7 Å². The average molecular weight is 342 g/mol. The zero-order valence-corrected chi connectivity index (χ0v) is 15.2. The maximum atomic E-state index is 12.6. The molecule has 6 heteroatoms. The van der Waals surface area contributed by atoms with Crippen molar-refractivity contribution in [3.05, 3.63) is 42.2 Å². The third kappa shape index (κ3) is 5.17. The highest BCUT2D eigenvalue weighted by Crippen LogP contribution is 2.24. The second-order valence-corrected chi connectivity index (χ2v) is 5.61. The lowest BCUT2D eigenvalue weighted by Crippen LogP contribution is -2.27. The van der Waals surface area contributed by atoms with Crippen molar-refractivity contribution >= 4 is 17.5 Å². The van der Waals surface area contributed by atoms with E-state index in [0.717, 1.165) is 25.9 Å². The summed E-state index contributed by atoms with van der Waals surface area (Å²) in [6.07, 6.45) is 3.63. The first-order chi connectivity index (χ1) is 12.2. The molecule has 2 aromatic rings. The van der Waals surface area contributed by atoms with Crippen LogP contribution in [0.15, 0.2) is 36.5 Å². The molecule has 1 aromatic heterocycles. The Morgan fingerprint density at radius 3 is 2.52 bits per heavy atom. The molecular weight excluding hydrogens is 316 g/mol. The minimum Gasteiger partial charge on any atom is -0.492 e. The zero-order chi connectivity index (χ0) is 18.1. The van der Waals surface area contributed by atoms with Crippen molar-refractivity contribution in [2.75, 3.05) is 29.9 Å². The SMILES string of the molecule is CCCN(CCC)c1nccc(C(=O)Nc2ccccc2OCC)n1. The van der Waals surface area contributed by atoms with E-state index in [4.69, 9.17) is 4.74 Å². The van der Waals surface area contributed by atoms with Crippen molar-refractivity contribution in [1.82, 2.24) is 9.97 Å². The van der Waals surface area contributed by atoms with Crippen molar-refractivity contribution in [2.24, 2.45) is 0 Å². The van der Waals surface area contributed by atoms with Gasteiger partial charge in [0, 0.05) is 19.3 Å². The number of anilines is 2. The lowest BCUT2D eigenvalue weighted by molar-refractivity contribution is 0.102. The van der Waals surface area contributed by atoms with Crippen LogP contribution >= 0.6 is 0 Å². The Bertz CT molecular complexity index is 685. The molecule has 0 atom stereocenters. The predicted octanol–water partition coefficient (Wildman–Crippen LogP) is 3.75. The molecule has 1 N–H and O–H groups in total. The first-order valence-electron chi connectivity index (χ1n) is 8.80. The fraction of sp³-hybridized carbons (Fsp3) is 0.421. The third-order valence-corrected chi connectivity index (χ3v) is 3.58. The number of carbonyl (C=O) groups excluding carboxylic acids is 1. The number of nitrogens with zero attached hydrogens (tertiary/aromatic N) is 3. The van der Waals surface area contributed by atoms with Gasteiger partial charge in [0.15, 0.2) is 0 Å². The maximum Gasteiger partial charge on any atom is 0.274 e. The number of rotatable bonds is 9. The van der Waals surface area contributed by atoms with Crippen LogP contribution in [-0.4, -0.2) is 35.6 Å². The fourth-order valence-corrected chi connectivity index (χ4v) is 2.52. The fourth-order valence-electron chi connectivity index (χ4n) is 2.52. The van der Waals surface area contributed by atoms with Gasteiger partial charge in [-0.3, -0.25) is 4.79 Å². The van der Waals surface area contributed by atoms with E-state index in [1.165, 1.54) is 0 Å². The second-order valence-electron chi connectivity index (χ2n) is 5.61. The third-order valence-electron chi connectivity index (χ3n) is 3.58. The Kier molecular flexibility index (Phi) is 7.19. The van der Waals surface area contributed by atoms with Crippen LogP contribution in [0.1, 0.15) is 44.1 Å². The summed E-state index contributed by atoms with van der Waals surface area (Å²) in [5.74, 6) is 0.962. The number of nitrogens with one attached hydrogen (secondary N) is 1. The van der Waals surface area contributed by atoms with E-state index < -0.39 is 0 Å². The van der Waals surface area contributed by atoms with Crippen LogP contribution in [-0.2, 0) is 0 Å². The van der Waals surface area contributed by atoms with Gasteiger partial charge in [-0.15, -0.1) is 0 Å². The minimum atomic E-state index is -0.274. The highest BCUT2D eigenvalue weighted by molar-refractivity contribution is 6.03. The number of hydrogen-bond donors (Lipinski definition) is 1. The topological polar surface area (TPSA) is 67.4 Å². The summed E-state index contributed by atoms with van der Waals surface area (Å²) in [4.78, 5) is 23.5. The number of hydrogen-bond acceptors (Lipinski definition) is 5. The van der Waals surface area contributed by atoms with E-state index in [-0.39, 0.29) is 5.91 Å². The molecule has 6 nitrogen and oxygen atoms in total. The summed E-state index contributed by atoms with van der Waals surface area (Å²) in [6.45, 7) is 8.41. The monoisotopic (exact) mass is 342 g/mol. The lowest BCUT2D eigenvalue weighted by atomic mass is 10.2.